The molecule has 0 saturated heterocycles. The number of fused-ring (bicyclic) bond motifs is 3. The van der Waals surface area contributed by atoms with Crippen LogP contribution < -0.4 is 10.6 Å². The number of esters is 1. The highest BCUT2D eigenvalue weighted by Crippen LogP contribution is 2.27. The maximum atomic E-state index is 11.3. The summed E-state index contributed by atoms with van der Waals surface area (Å²) < 4.78 is 6.51. The molecule has 0 spiro atoms. The third-order valence-corrected chi connectivity index (χ3v) is 5.63. The monoisotopic (exact) mass is 454 g/mol. The van der Waals surface area contributed by atoms with E-state index in [9.17, 15) is 9.59 Å². The van der Waals surface area contributed by atoms with Crippen molar-refractivity contribution in [1.82, 2.24) is 20.4 Å². The van der Waals surface area contributed by atoms with Gasteiger partial charge in [0.1, 0.15) is 10.6 Å². The Morgan fingerprint density at radius 3 is 2.78 bits per heavy atom. The quantitative estimate of drug-likeness (QED) is 0.502. The van der Waals surface area contributed by atoms with Crippen molar-refractivity contribution in [2.24, 2.45) is 0 Å². The zero-order valence-corrected chi connectivity index (χ0v) is 19.7. The second kappa shape index (κ2) is 13.1. The lowest BCUT2D eigenvalue weighted by Gasteiger charge is -2.11. The van der Waals surface area contributed by atoms with Crippen molar-refractivity contribution in [1.29, 1.82) is 0 Å². The molecule has 1 aliphatic heterocycles. The Morgan fingerprint density at radius 1 is 1.28 bits per heavy atom. The van der Waals surface area contributed by atoms with Gasteiger partial charge in [-0.1, -0.05) is 26.0 Å². The molecule has 2 aromatic heterocycles. The number of carbonyl (C=O) groups excluding carboxylic acids is 2. The van der Waals surface area contributed by atoms with E-state index < -0.39 is 0 Å². The molecule has 0 radical (unpaired) electrons. The number of rotatable bonds is 5. The molecule has 170 valence electrons. The number of hydrogen-bond acceptors (Lipinski definition) is 6. The number of carbonyl (C=O) groups is 2. The topological polar surface area (TPSA) is 85.2 Å². The van der Waals surface area contributed by atoms with E-state index in [2.05, 4.69) is 32.6 Å². The summed E-state index contributed by atoms with van der Waals surface area (Å²) in [6.45, 7) is 6.88. The van der Waals surface area contributed by atoms with Crippen LogP contribution in [0.2, 0.25) is 0 Å². The first-order chi connectivity index (χ1) is 15.6. The van der Waals surface area contributed by atoms with Crippen molar-refractivity contribution < 1.29 is 14.3 Å². The van der Waals surface area contributed by atoms with Crippen LogP contribution in [0.4, 0.5) is 0 Å². The van der Waals surface area contributed by atoms with Crippen LogP contribution >= 0.6 is 11.3 Å². The number of nitrogens with one attached hydrogen (secondary N) is 2. The lowest BCUT2D eigenvalue weighted by molar-refractivity contribution is -0.108. The number of aryl methyl sites for hydroxylation is 1. The second-order valence-corrected chi connectivity index (χ2v) is 7.53. The summed E-state index contributed by atoms with van der Waals surface area (Å²) in [6, 6.07) is 5.59. The van der Waals surface area contributed by atoms with Crippen LogP contribution in [0.3, 0.4) is 0 Å². The van der Waals surface area contributed by atoms with E-state index in [1.165, 1.54) is 24.0 Å². The molecule has 1 amide bonds. The minimum atomic E-state index is -0.300. The number of hydrogen-bond donors (Lipinski definition) is 2. The maximum absolute atomic E-state index is 11.3. The summed E-state index contributed by atoms with van der Waals surface area (Å²) in [5, 5.41) is 10.2. The van der Waals surface area contributed by atoms with E-state index in [1.807, 2.05) is 62.1 Å². The Bertz CT molecular complexity index is 1030. The summed E-state index contributed by atoms with van der Waals surface area (Å²) in [5.41, 5.74) is 4.10. The smallest absolute Gasteiger partial charge is 0.348 e. The van der Waals surface area contributed by atoms with Gasteiger partial charge in [-0.2, -0.15) is 5.10 Å². The highest BCUT2D eigenvalue weighted by Gasteiger charge is 2.11. The van der Waals surface area contributed by atoms with Gasteiger partial charge >= 0.3 is 5.97 Å². The predicted octanol–water partition coefficient (Wildman–Crippen LogP) is 4.78. The van der Waals surface area contributed by atoms with Crippen molar-refractivity contribution in [3.63, 3.8) is 0 Å². The van der Waals surface area contributed by atoms with Crippen LogP contribution in [0.25, 0.3) is 10.6 Å². The normalized spacial score (nSPS) is 13.8. The molecule has 0 unspecified atom stereocenters. The molecule has 2 N–H and O–H groups in total. The molecule has 2 bridgehead atoms. The van der Waals surface area contributed by atoms with Crippen molar-refractivity contribution in [2.45, 2.75) is 40.2 Å². The first-order valence-corrected chi connectivity index (χ1v) is 11.4. The fourth-order valence-electron chi connectivity index (χ4n) is 2.95. The van der Waals surface area contributed by atoms with Gasteiger partial charge in [0.25, 0.3) is 0 Å². The number of allylic oxidation sites excluding steroid dienone is 6. The molecule has 0 saturated carbocycles. The van der Waals surface area contributed by atoms with Crippen molar-refractivity contribution in [2.75, 3.05) is 7.11 Å². The van der Waals surface area contributed by atoms with Gasteiger partial charge < -0.3 is 15.4 Å². The van der Waals surface area contributed by atoms with Crippen LogP contribution in [0.1, 0.15) is 43.3 Å². The van der Waals surface area contributed by atoms with E-state index in [4.69, 9.17) is 0 Å². The van der Waals surface area contributed by atoms with Gasteiger partial charge in [-0.3, -0.25) is 9.48 Å². The van der Waals surface area contributed by atoms with E-state index in [0.717, 1.165) is 41.4 Å². The third kappa shape index (κ3) is 6.81. The average molecular weight is 455 g/mol. The molecule has 32 heavy (non-hydrogen) atoms. The molecule has 4 rings (SSSR count). The average Bonchev–Trinajstić information content (AvgIpc) is 3.45. The molecule has 3 heterocycles. The molecule has 2 aliphatic rings. The first kappa shape index (κ1) is 24.9. The van der Waals surface area contributed by atoms with E-state index in [0.29, 0.717) is 11.3 Å². The molecule has 8 heteroatoms. The lowest BCUT2D eigenvalue weighted by Crippen LogP contribution is -2.17. The fraction of sp³-hybridized carbons (Fsp3) is 0.292. The number of aromatic nitrogens is 2. The number of nitrogens with zero attached hydrogens (tertiary/aromatic N) is 2. The third-order valence-electron chi connectivity index (χ3n) is 4.54. The largest absolute Gasteiger partial charge is 0.465 e. The van der Waals surface area contributed by atoms with Gasteiger partial charge in [-0.25, -0.2) is 4.79 Å². The molecule has 1 aliphatic carbocycles. The van der Waals surface area contributed by atoms with Crippen molar-refractivity contribution >= 4 is 23.7 Å². The summed E-state index contributed by atoms with van der Waals surface area (Å²) >= 11 is 1.39. The van der Waals surface area contributed by atoms with Gasteiger partial charge in [-0.15, -0.1) is 11.3 Å². The number of ether oxygens (including phenoxy) is 1. The van der Waals surface area contributed by atoms with E-state index >= 15 is 0 Å². The Morgan fingerprint density at radius 2 is 2.09 bits per heavy atom. The number of amides is 1. The molecule has 0 fully saturated rings. The molecule has 2 aromatic rings. The predicted molar refractivity (Wildman–Crippen MR) is 129 cm³/mol. The van der Waals surface area contributed by atoms with Crippen molar-refractivity contribution in [3.05, 3.63) is 76.7 Å². The summed E-state index contributed by atoms with van der Waals surface area (Å²) in [7, 11) is 1.38. The van der Waals surface area contributed by atoms with Gasteiger partial charge in [0.2, 0.25) is 6.41 Å². The van der Waals surface area contributed by atoms with Gasteiger partial charge in [0, 0.05) is 24.6 Å². The van der Waals surface area contributed by atoms with E-state index in [-0.39, 0.29) is 5.97 Å². The SMILES string of the molecule is CC.CCn1ccc(-c2ccc(C(=O)OC)s2)n1.O=CNC1=C2CCC(=CC=C1)C=CN2. The first-order valence-electron chi connectivity index (χ1n) is 10.6. The Kier molecular flexibility index (Phi) is 10.2. The Balaban J connectivity index is 0.000000212. The molecular weight excluding hydrogens is 424 g/mol. The van der Waals surface area contributed by atoms with Crippen LogP contribution in [-0.4, -0.2) is 29.3 Å². The van der Waals surface area contributed by atoms with Crippen molar-refractivity contribution in [3.8, 4) is 10.6 Å². The van der Waals surface area contributed by atoms with Crippen LogP contribution in [0.15, 0.2) is 71.9 Å². The number of thiophene rings is 1. The highest BCUT2D eigenvalue weighted by molar-refractivity contribution is 7.17. The minimum absolute atomic E-state index is 0.300. The summed E-state index contributed by atoms with van der Waals surface area (Å²) in [6.07, 6.45) is 14.5. The van der Waals surface area contributed by atoms with Crippen LogP contribution in [0.5, 0.6) is 0 Å². The van der Waals surface area contributed by atoms with Gasteiger partial charge in [0.15, 0.2) is 0 Å². The summed E-state index contributed by atoms with van der Waals surface area (Å²) in [4.78, 5) is 23.3. The molecule has 0 atom stereocenters. The van der Waals surface area contributed by atoms with Gasteiger partial charge in [-0.05, 0) is 55.7 Å². The van der Waals surface area contributed by atoms with Gasteiger partial charge in [0.05, 0.1) is 17.7 Å². The highest BCUT2D eigenvalue weighted by atomic mass is 32.1. The fourth-order valence-corrected chi connectivity index (χ4v) is 3.84. The minimum Gasteiger partial charge on any atom is -0.465 e. The number of methoxy groups -OCH3 is 1. The van der Waals surface area contributed by atoms with Crippen LogP contribution in [-0.2, 0) is 16.1 Å². The van der Waals surface area contributed by atoms with Crippen LogP contribution in [0, 0.1) is 0 Å². The Hall–Kier alpha value is -3.39. The zero-order valence-electron chi connectivity index (χ0n) is 18.9. The molecule has 7 nitrogen and oxygen atoms in total. The lowest BCUT2D eigenvalue weighted by atomic mass is 10.1. The van der Waals surface area contributed by atoms with E-state index in [1.54, 1.807) is 6.07 Å². The Labute approximate surface area is 193 Å². The molecular formula is C24H30N4O3S. The maximum Gasteiger partial charge on any atom is 0.348 e. The standard InChI is InChI=1S/C11H12N2O2S.C11H12N2O.C2H6/c1-3-13-7-6-8(12-13)9-4-5-10(16-9)11(14)15-2;14-8-13-10-3-1-2-9-4-5-11(10)12-7-6-9;1-2/h4-7H,3H2,1-2H3;1-3,6-8,12H,4-5H2,(H,13,14);1-2H3. The molecule has 0 aromatic carbocycles. The second-order valence-electron chi connectivity index (χ2n) is 6.44. The zero-order chi connectivity index (χ0) is 23.3. The summed E-state index contributed by atoms with van der Waals surface area (Å²) in [5.74, 6) is -0.300.